The molecule has 0 saturated heterocycles. The second-order valence-electron chi connectivity index (χ2n) is 1.72. The summed E-state index contributed by atoms with van der Waals surface area (Å²) in [4.78, 5) is 1.26. The Bertz CT molecular complexity index is 170. The third kappa shape index (κ3) is 2.99. The van der Waals surface area contributed by atoms with Crippen molar-refractivity contribution >= 4 is 11.3 Å². The Labute approximate surface area is 66.3 Å². The Morgan fingerprint density at radius 3 is 2.30 bits per heavy atom. The van der Waals surface area contributed by atoms with Gasteiger partial charge in [0.25, 0.3) is 0 Å². The second-order valence-corrected chi connectivity index (χ2v) is 2.84. The van der Waals surface area contributed by atoms with E-state index in [1.165, 1.54) is 4.88 Å². The van der Waals surface area contributed by atoms with E-state index >= 15 is 0 Å². The van der Waals surface area contributed by atoms with Crippen LogP contribution in [0.4, 0.5) is 0 Å². The summed E-state index contributed by atoms with van der Waals surface area (Å²) in [6.07, 6.45) is 0. The van der Waals surface area contributed by atoms with E-state index < -0.39 is 0 Å². The van der Waals surface area contributed by atoms with E-state index in [1.54, 1.807) is 11.3 Å². The number of aliphatic hydroxyl groups excluding tert-OH is 1. The minimum atomic E-state index is 0.171. The van der Waals surface area contributed by atoms with E-state index in [-0.39, 0.29) is 6.61 Å². The lowest BCUT2D eigenvalue weighted by molar-refractivity contribution is 0.282. The van der Waals surface area contributed by atoms with E-state index in [0.29, 0.717) is 0 Å². The third-order valence-electron chi connectivity index (χ3n) is 0.967. The molecule has 0 amide bonds. The van der Waals surface area contributed by atoms with Crippen molar-refractivity contribution in [1.82, 2.24) is 0 Å². The van der Waals surface area contributed by atoms with Crippen LogP contribution in [0.2, 0.25) is 0 Å². The van der Waals surface area contributed by atoms with Gasteiger partial charge in [-0.1, -0.05) is 13.8 Å². The van der Waals surface area contributed by atoms with Gasteiger partial charge in [0.2, 0.25) is 0 Å². The molecule has 1 nitrogen and oxygen atoms in total. The normalized spacial score (nSPS) is 8.40. The van der Waals surface area contributed by atoms with Crippen molar-refractivity contribution in [3.63, 3.8) is 0 Å². The van der Waals surface area contributed by atoms with E-state index in [1.807, 2.05) is 32.2 Å². The summed E-state index contributed by atoms with van der Waals surface area (Å²) in [7, 11) is 0. The maximum Gasteiger partial charge on any atom is 0.0690 e. The van der Waals surface area contributed by atoms with Crippen LogP contribution < -0.4 is 0 Å². The lowest BCUT2D eigenvalue weighted by Crippen LogP contribution is -1.73. The van der Waals surface area contributed by atoms with E-state index in [4.69, 9.17) is 5.11 Å². The first kappa shape index (κ1) is 9.66. The van der Waals surface area contributed by atoms with Gasteiger partial charge in [0, 0.05) is 4.88 Å². The van der Waals surface area contributed by atoms with Crippen LogP contribution in [0.15, 0.2) is 11.4 Å². The largest absolute Gasteiger partial charge is 0.392 e. The molecule has 0 atom stereocenters. The number of hydrogen-bond donors (Lipinski definition) is 1. The monoisotopic (exact) mass is 158 g/mol. The highest BCUT2D eigenvalue weighted by molar-refractivity contribution is 7.10. The molecule has 0 unspecified atom stereocenters. The zero-order valence-corrected chi connectivity index (χ0v) is 7.53. The number of hydrogen-bond acceptors (Lipinski definition) is 2. The first-order valence-electron chi connectivity index (χ1n) is 3.48. The minimum Gasteiger partial charge on any atom is -0.392 e. The summed E-state index contributed by atoms with van der Waals surface area (Å²) in [5.41, 5.74) is 1.02. The van der Waals surface area contributed by atoms with Crippen molar-refractivity contribution in [3.05, 3.63) is 21.9 Å². The fourth-order valence-electron chi connectivity index (χ4n) is 0.581. The van der Waals surface area contributed by atoms with E-state index in [0.717, 1.165) is 5.56 Å². The highest BCUT2D eigenvalue weighted by atomic mass is 32.1. The van der Waals surface area contributed by atoms with Crippen LogP contribution >= 0.6 is 11.3 Å². The minimum absolute atomic E-state index is 0.171. The zero-order valence-electron chi connectivity index (χ0n) is 6.72. The average Bonchev–Trinajstić information content (AvgIpc) is 2.40. The molecule has 0 fully saturated rings. The summed E-state index contributed by atoms with van der Waals surface area (Å²) >= 11 is 1.67. The van der Waals surface area contributed by atoms with Crippen LogP contribution in [0.3, 0.4) is 0 Å². The first-order chi connectivity index (χ1) is 4.83. The fourth-order valence-corrected chi connectivity index (χ4v) is 1.28. The SMILES string of the molecule is CC.Cc1cc(CO)cs1. The zero-order chi connectivity index (χ0) is 7.98. The van der Waals surface area contributed by atoms with Crippen molar-refractivity contribution in [2.24, 2.45) is 0 Å². The van der Waals surface area contributed by atoms with Crippen LogP contribution in [0.5, 0.6) is 0 Å². The molecular weight excluding hydrogens is 144 g/mol. The molecule has 1 rings (SSSR count). The molecule has 0 aliphatic rings. The van der Waals surface area contributed by atoms with Gasteiger partial charge in [0.1, 0.15) is 0 Å². The van der Waals surface area contributed by atoms with Gasteiger partial charge in [-0.3, -0.25) is 0 Å². The molecule has 0 saturated carbocycles. The summed E-state index contributed by atoms with van der Waals surface area (Å²) < 4.78 is 0. The Morgan fingerprint density at radius 2 is 2.10 bits per heavy atom. The third-order valence-corrected chi connectivity index (χ3v) is 1.88. The van der Waals surface area contributed by atoms with Crippen LogP contribution in [-0.4, -0.2) is 5.11 Å². The highest BCUT2D eigenvalue weighted by Gasteiger charge is 1.90. The molecule has 0 aliphatic heterocycles. The molecule has 1 N–H and O–H groups in total. The van der Waals surface area contributed by atoms with Crippen molar-refractivity contribution < 1.29 is 5.11 Å². The number of rotatable bonds is 1. The Balaban J connectivity index is 0.000000371. The summed E-state index contributed by atoms with van der Waals surface area (Å²) in [5, 5.41) is 10.5. The van der Waals surface area contributed by atoms with Crippen LogP contribution in [0.1, 0.15) is 24.3 Å². The predicted molar refractivity (Wildman–Crippen MR) is 46.3 cm³/mol. The number of aliphatic hydroxyl groups is 1. The standard InChI is InChI=1S/C6H8OS.C2H6/c1-5-2-6(3-7)4-8-5;1-2/h2,4,7H,3H2,1H3;1-2H3. The molecule has 0 bridgehead atoms. The van der Waals surface area contributed by atoms with E-state index in [9.17, 15) is 0 Å². The molecule has 0 spiro atoms. The second kappa shape index (κ2) is 5.45. The summed E-state index contributed by atoms with van der Waals surface area (Å²) in [6.45, 7) is 6.20. The van der Waals surface area contributed by atoms with Gasteiger partial charge in [-0.15, -0.1) is 11.3 Å². The van der Waals surface area contributed by atoms with Crippen molar-refractivity contribution in [2.75, 3.05) is 0 Å². The van der Waals surface area contributed by atoms with Crippen molar-refractivity contribution in [3.8, 4) is 0 Å². The van der Waals surface area contributed by atoms with Crippen LogP contribution in [-0.2, 0) is 6.61 Å². The predicted octanol–water partition coefficient (Wildman–Crippen LogP) is 2.58. The van der Waals surface area contributed by atoms with Gasteiger partial charge in [0.05, 0.1) is 6.61 Å². The van der Waals surface area contributed by atoms with Gasteiger partial charge in [-0.05, 0) is 23.9 Å². The maximum absolute atomic E-state index is 8.56. The smallest absolute Gasteiger partial charge is 0.0690 e. The van der Waals surface area contributed by atoms with Crippen LogP contribution in [0, 0.1) is 6.92 Å². The molecule has 1 aromatic rings. The van der Waals surface area contributed by atoms with Crippen LogP contribution in [0.25, 0.3) is 0 Å². The molecule has 0 aromatic carbocycles. The van der Waals surface area contributed by atoms with Gasteiger partial charge < -0.3 is 5.11 Å². The van der Waals surface area contributed by atoms with Gasteiger partial charge >= 0.3 is 0 Å². The lowest BCUT2D eigenvalue weighted by Gasteiger charge is -1.80. The molecule has 0 radical (unpaired) electrons. The fraction of sp³-hybridized carbons (Fsp3) is 0.500. The molecule has 1 heterocycles. The number of thiophene rings is 1. The molecule has 1 aromatic heterocycles. The Morgan fingerprint density at radius 1 is 1.50 bits per heavy atom. The average molecular weight is 158 g/mol. The Hall–Kier alpha value is -0.340. The van der Waals surface area contributed by atoms with Crippen molar-refractivity contribution in [2.45, 2.75) is 27.4 Å². The molecule has 2 heteroatoms. The molecule has 58 valence electrons. The lowest BCUT2D eigenvalue weighted by atomic mass is 10.3. The number of aryl methyl sites for hydroxylation is 1. The molecular formula is C8H14OS. The first-order valence-corrected chi connectivity index (χ1v) is 4.36. The van der Waals surface area contributed by atoms with Gasteiger partial charge in [-0.2, -0.15) is 0 Å². The quantitative estimate of drug-likeness (QED) is 0.666. The maximum atomic E-state index is 8.56. The summed E-state index contributed by atoms with van der Waals surface area (Å²) in [6, 6.07) is 1.99. The van der Waals surface area contributed by atoms with Crippen molar-refractivity contribution in [1.29, 1.82) is 0 Å². The topological polar surface area (TPSA) is 20.2 Å². The van der Waals surface area contributed by atoms with Gasteiger partial charge in [-0.25, -0.2) is 0 Å². The highest BCUT2D eigenvalue weighted by Crippen LogP contribution is 2.11. The van der Waals surface area contributed by atoms with Gasteiger partial charge in [0.15, 0.2) is 0 Å². The summed E-state index contributed by atoms with van der Waals surface area (Å²) in [5.74, 6) is 0. The Kier molecular flexibility index (Phi) is 5.26. The molecule has 0 aliphatic carbocycles. The molecule has 10 heavy (non-hydrogen) atoms. The van der Waals surface area contributed by atoms with E-state index in [2.05, 4.69) is 0 Å².